The van der Waals surface area contributed by atoms with Gasteiger partial charge in [-0.1, -0.05) is 85.6 Å². The number of rotatable bonds is 8. The minimum atomic E-state index is -5.92. The Morgan fingerprint density at radius 3 is 1.82 bits per heavy atom. The largest absolute Gasteiger partial charge is 0.430 e. The first kappa shape index (κ1) is 31.7. The molecule has 232 valence electrons. The van der Waals surface area contributed by atoms with Gasteiger partial charge in [0, 0.05) is 5.56 Å². The highest BCUT2D eigenvalue weighted by Crippen LogP contribution is 2.54. The highest BCUT2D eigenvalue weighted by atomic mass is 32.2. The molecule has 0 aliphatic heterocycles. The number of alkyl halides is 6. The van der Waals surface area contributed by atoms with Gasteiger partial charge in [0.05, 0.1) is 11.5 Å². The van der Waals surface area contributed by atoms with Gasteiger partial charge in [0.1, 0.15) is 10.6 Å². The van der Waals surface area contributed by atoms with E-state index in [2.05, 4.69) is 0 Å². The van der Waals surface area contributed by atoms with Crippen LogP contribution in [0.4, 0.5) is 30.7 Å². The summed E-state index contributed by atoms with van der Waals surface area (Å²) in [5, 5.41) is 0. The molecule has 0 N–H and O–H groups in total. The topological polar surface area (TPSA) is 43.4 Å². The SMILES string of the molecule is O=S(=O)(c1ccc(F)cc1)C1(c2ccc(C(OCc3cccc(-c4ccccc4)c3)(C(F)(F)F)C(F)(F)F)cc2)CCCC1. The Morgan fingerprint density at radius 1 is 0.682 bits per heavy atom. The van der Waals surface area contributed by atoms with E-state index in [1.165, 1.54) is 18.2 Å². The Labute approximate surface area is 250 Å². The van der Waals surface area contributed by atoms with E-state index in [-0.39, 0.29) is 28.9 Å². The minimum absolute atomic E-state index is 0.0527. The monoisotopic (exact) mass is 636 g/mol. The molecule has 1 fully saturated rings. The molecule has 0 atom stereocenters. The molecule has 1 saturated carbocycles. The number of hydrogen-bond acceptors (Lipinski definition) is 3. The van der Waals surface area contributed by atoms with Crippen LogP contribution in [0.3, 0.4) is 0 Å². The quantitative estimate of drug-likeness (QED) is 0.143. The van der Waals surface area contributed by atoms with Crippen molar-refractivity contribution in [2.24, 2.45) is 0 Å². The molecule has 0 aromatic heterocycles. The zero-order valence-corrected chi connectivity index (χ0v) is 23.9. The molecule has 1 aliphatic carbocycles. The second kappa shape index (κ2) is 11.7. The van der Waals surface area contributed by atoms with E-state index < -0.39 is 50.5 Å². The van der Waals surface area contributed by atoms with Crippen molar-refractivity contribution < 1.29 is 43.9 Å². The molecule has 0 heterocycles. The van der Waals surface area contributed by atoms with Gasteiger partial charge in [-0.2, -0.15) is 26.3 Å². The van der Waals surface area contributed by atoms with Crippen LogP contribution >= 0.6 is 0 Å². The first-order chi connectivity index (χ1) is 20.7. The van der Waals surface area contributed by atoms with Crippen molar-refractivity contribution in [2.45, 2.75) is 59.9 Å². The fourth-order valence-electron chi connectivity index (χ4n) is 5.90. The van der Waals surface area contributed by atoms with E-state index in [1.54, 1.807) is 36.4 Å². The van der Waals surface area contributed by atoms with Crippen LogP contribution in [0.1, 0.15) is 42.4 Å². The van der Waals surface area contributed by atoms with Crippen molar-refractivity contribution in [1.82, 2.24) is 0 Å². The molecule has 0 amide bonds. The van der Waals surface area contributed by atoms with Crippen LogP contribution in [-0.4, -0.2) is 20.8 Å². The summed E-state index contributed by atoms with van der Waals surface area (Å²) in [6.07, 6.45) is -10.7. The number of ether oxygens (including phenoxy) is 1. The summed E-state index contributed by atoms with van der Waals surface area (Å²) < 4.78 is 132. The lowest BCUT2D eigenvalue weighted by molar-refractivity contribution is -0.392. The molecule has 0 radical (unpaired) electrons. The molecular formula is C33H27F7O3S. The van der Waals surface area contributed by atoms with Gasteiger partial charge >= 0.3 is 12.4 Å². The first-order valence-corrected chi connectivity index (χ1v) is 15.2. The average Bonchev–Trinajstić information content (AvgIpc) is 3.49. The number of halogens is 7. The third kappa shape index (κ3) is 5.51. The van der Waals surface area contributed by atoms with Gasteiger partial charge in [0.2, 0.25) is 0 Å². The lowest BCUT2D eigenvalue weighted by atomic mass is 9.88. The third-order valence-corrected chi connectivity index (χ3v) is 10.7. The van der Waals surface area contributed by atoms with E-state index >= 15 is 0 Å². The fraction of sp³-hybridized carbons (Fsp3) is 0.273. The molecule has 4 aromatic rings. The van der Waals surface area contributed by atoms with Gasteiger partial charge in [0.25, 0.3) is 5.60 Å². The molecule has 1 aliphatic rings. The summed E-state index contributed by atoms with van der Waals surface area (Å²) in [4.78, 5) is -0.189. The van der Waals surface area contributed by atoms with Gasteiger partial charge in [0.15, 0.2) is 9.84 Å². The van der Waals surface area contributed by atoms with Crippen LogP contribution in [0.2, 0.25) is 0 Å². The number of benzene rings is 4. The fourth-order valence-corrected chi connectivity index (χ4v) is 8.12. The minimum Gasteiger partial charge on any atom is -0.349 e. The molecule has 0 spiro atoms. The van der Waals surface area contributed by atoms with E-state index in [9.17, 15) is 39.2 Å². The second-order valence-corrected chi connectivity index (χ2v) is 13.0. The third-order valence-electron chi connectivity index (χ3n) is 8.15. The number of hydrogen-bond donors (Lipinski definition) is 0. The Hall–Kier alpha value is -3.70. The van der Waals surface area contributed by atoms with Crippen molar-refractivity contribution in [1.29, 1.82) is 0 Å². The first-order valence-electron chi connectivity index (χ1n) is 13.7. The van der Waals surface area contributed by atoms with Crippen molar-refractivity contribution in [3.05, 3.63) is 126 Å². The molecule has 0 bridgehead atoms. The molecule has 0 saturated heterocycles. The molecule has 11 heteroatoms. The van der Waals surface area contributed by atoms with Gasteiger partial charge in [-0.25, -0.2) is 12.8 Å². The van der Waals surface area contributed by atoms with Crippen LogP contribution < -0.4 is 0 Å². The second-order valence-electron chi connectivity index (χ2n) is 10.8. The van der Waals surface area contributed by atoms with Crippen LogP contribution in [0.15, 0.2) is 108 Å². The van der Waals surface area contributed by atoms with Crippen LogP contribution in [0.25, 0.3) is 11.1 Å². The van der Waals surface area contributed by atoms with Gasteiger partial charge < -0.3 is 4.74 Å². The maximum Gasteiger partial charge on any atom is 0.430 e. The van der Waals surface area contributed by atoms with Crippen molar-refractivity contribution in [3.8, 4) is 11.1 Å². The van der Waals surface area contributed by atoms with E-state index in [0.717, 1.165) is 42.0 Å². The molecule has 5 rings (SSSR count). The van der Waals surface area contributed by atoms with E-state index in [0.29, 0.717) is 30.5 Å². The van der Waals surface area contributed by atoms with Crippen molar-refractivity contribution in [3.63, 3.8) is 0 Å². The van der Waals surface area contributed by atoms with Crippen molar-refractivity contribution >= 4 is 9.84 Å². The highest BCUT2D eigenvalue weighted by molar-refractivity contribution is 7.92. The normalized spacial score (nSPS) is 15.8. The van der Waals surface area contributed by atoms with Crippen LogP contribution in [0, 0.1) is 5.82 Å². The van der Waals surface area contributed by atoms with Crippen LogP contribution in [-0.2, 0) is 31.5 Å². The summed E-state index contributed by atoms with van der Waals surface area (Å²) in [6.45, 7) is -1.01. The van der Waals surface area contributed by atoms with Crippen LogP contribution in [0.5, 0.6) is 0 Å². The summed E-state index contributed by atoms with van der Waals surface area (Å²) in [6, 6.07) is 22.2. The van der Waals surface area contributed by atoms with E-state index in [4.69, 9.17) is 4.74 Å². The maximum atomic E-state index is 14.6. The Kier molecular flexibility index (Phi) is 8.41. The number of sulfone groups is 1. The molecular weight excluding hydrogens is 609 g/mol. The van der Waals surface area contributed by atoms with E-state index in [1.807, 2.05) is 0 Å². The molecule has 3 nitrogen and oxygen atoms in total. The van der Waals surface area contributed by atoms with Gasteiger partial charge in [-0.05, 0) is 65.4 Å². The predicted octanol–water partition coefficient (Wildman–Crippen LogP) is 9.27. The summed E-state index contributed by atoms with van der Waals surface area (Å²) in [5.74, 6) is -0.656. The van der Waals surface area contributed by atoms with Crippen molar-refractivity contribution in [2.75, 3.05) is 0 Å². The lowest BCUT2D eigenvalue weighted by Gasteiger charge is -2.38. The summed E-state index contributed by atoms with van der Waals surface area (Å²) >= 11 is 0. The maximum absolute atomic E-state index is 14.6. The smallest absolute Gasteiger partial charge is 0.349 e. The average molecular weight is 637 g/mol. The molecule has 0 unspecified atom stereocenters. The lowest BCUT2D eigenvalue weighted by Crippen LogP contribution is -2.55. The molecule has 4 aromatic carbocycles. The standard InChI is InChI=1S/C33H27F7O3S/c34-28-15-17-29(18-16-28)44(41,42)30(19-4-5-20-30)26-11-13-27(14-12-26)31(32(35,36)37,33(38,39)40)43-22-23-7-6-10-25(21-23)24-8-2-1-3-9-24/h1-3,6-18,21H,4-5,19-20,22H2. The Balaban J connectivity index is 1.54. The van der Waals surface area contributed by atoms with Gasteiger partial charge in [-0.15, -0.1) is 0 Å². The molecule has 44 heavy (non-hydrogen) atoms. The zero-order chi connectivity index (χ0) is 31.8. The summed E-state index contributed by atoms with van der Waals surface area (Å²) in [7, 11) is -4.19. The zero-order valence-electron chi connectivity index (χ0n) is 23.1. The Bertz CT molecular complexity index is 1680. The van der Waals surface area contributed by atoms with Gasteiger partial charge in [-0.3, -0.25) is 0 Å². The Morgan fingerprint density at radius 2 is 1.25 bits per heavy atom. The summed E-state index contributed by atoms with van der Waals surface area (Å²) in [5.41, 5.74) is -4.47. The predicted molar refractivity (Wildman–Crippen MR) is 151 cm³/mol. The highest BCUT2D eigenvalue weighted by Gasteiger charge is 2.73.